The van der Waals surface area contributed by atoms with E-state index >= 15 is 0 Å². The van der Waals surface area contributed by atoms with Gasteiger partial charge in [0.1, 0.15) is 17.9 Å². The summed E-state index contributed by atoms with van der Waals surface area (Å²) in [5, 5.41) is 4.11. The number of hydrogen-bond acceptors (Lipinski definition) is 7. The summed E-state index contributed by atoms with van der Waals surface area (Å²) in [5.74, 6) is 2.77. The normalized spacial score (nSPS) is 16.6. The van der Waals surface area contributed by atoms with Gasteiger partial charge < -0.3 is 23.6 Å². The molecule has 0 atom stereocenters. The minimum Gasteiger partial charge on any atom is -0.489 e. The van der Waals surface area contributed by atoms with Crippen LogP contribution in [-0.4, -0.2) is 83.8 Å². The molecule has 2 aromatic heterocycles. The molecule has 0 saturated carbocycles. The van der Waals surface area contributed by atoms with Crippen LogP contribution in [0.15, 0.2) is 16.7 Å². The molecule has 0 radical (unpaired) electrons. The minimum absolute atomic E-state index is 0.142. The molecule has 4 heterocycles. The first kappa shape index (κ1) is 19.9. The van der Waals surface area contributed by atoms with Gasteiger partial charge in [0.05, 0.1) is 29.9 Å². The van der Waals surface area contributed by atoms with E-state index in [1.807, 2.05) is 13.8 Å². The molecule has 0 spiro atoms. The van der Waals surface area contributed by atoms with Crippen molar-refractivity contribution in [2.45, 2.75) is 20.4 Å². The Kier molecular flexibility index (Phi) is 4.85. The third-order valence-corrected chi connectivity index (χ3v) is 6.22. The molecule has 31 heavy (non-hydrogen) atoms. The number of imidazole rings is 1. The summed E-state index contributed by atoms with van der Waals surface area (Å²) in [7, 11) is 3.60. The Balaban J connectivity index is 1.46. The van der Waals surface area contributed by atoms with Gasteiger partial charge in [-0.25, -0.2) is 4.98 Å². The highest BCUT2D eigenvalue weighted by Gasteiger charge is 2.29. The van der Waals surface area contributed by atoms with Crippen molar-refractivity contribution in [2.75, 3.05) is 58.3 Å². The summed E-state index contributed by atoms with van der Waals surface area (Å²) in [4.78, 5) is 23.2. The van der Waals surface area contributed by atoms with Crippen LogP contribution in [0.4, 0.5) is 5.95 Å². The molecule has 2 aliphatic rings. The molecule has 1 saturated heterocycles. The minimum atomic E-state index is 0.142. The van der Waals surface area contributed by atoms with E-state index in [1.165, 1.54) is 0 Å². The zero-order valence-corrected chi connectivity index (χ0v) is 18.5. The van der Waals surface area contributed by atoms with Crippen LogP contribution in [0.1, 0.15) is 11.5 Å². The Morgan fingerprint density at radius 2 is 1.90 bits per heavy atom. The molecule has 5 rings (SSSR count). The van der Waals surface area contributed by atoms with Crippen LogP contribution in [0.3, 0.4) is 0 Å². The van der Waals surface area contributed by atoms with Crippen molar-refractivity contribution in [2.24, 2.45) is 0 Å². The Morgan fingerprint density at radius 1 is 1.13 bits per heavy atom. The third kappa shape index (κ3) is 3.33. The summed E-state index contributed by atoms with van der Waals surface area (Å²) in [5.41, 5.74) is 4.82. The summed E-state index contributed by atoms with van der Waals surface area (Å²) in [6.07, 6.45) is 0. The van der Waals surface area contributed by atoms with E-state index in [0.717, 1.165) is 78.0 Å². The first-order valence-electron chi connectivity index (χ1n) is 10.7. The second-order valence-electron chi connectivity index (χ2n) is 8.47. The lowest BCUT2D eigenvalue weighted by molar-refractivity contribution is -0.129. The summed E-state index contributed by atoms with van der Waals surface area (Å²) in [6.45, 7) is 9.09. The molecule has 164 valence electrons. The van der Waals surface area contributed by atoms with Gasteiger partial charge in [-0.1, -0.05) is 5.16 Å². The van der Waals surface area contributed by atoms with Crippen LogP contribution < -0.4 is 9.64 Å². The smallest absolute Gasteiger partial charge is 0.236 e. The lowest BCUT2D eigenvalue weighted by atomic mass is 10.0. The van der Waals surface area contributed by atoms with E-state index < -0.39 is 0 Å². The van der Waals surface area contributed by atoms with Crippen molar-refractivity contribution in [3.8, 4) is 16.9 Å². The number of benzene rings is 1. The molecule has 0 unspecified atom stereocenters. The first-order valence-corrected chi connectivity index (χ1v) is 10.7. The number of likely N-dealkylation sites (N-methyl/N-ethyl adjacent to an activating group) is 1. The molecule has 0 aliphatic carbocycles. The fraction of sp³-hybridized carbons (Fsp3) is 0.500. The fourth-order valence-electron chi connectivity index (χ4n) is 4.52. The number of anilines is 1. The van der Waals surface area contributed by atoms with Crippen molar-refractivity contribution < 1.29 is 14.1 Å². The molecular weight excluding hydrogens is 396 g/mol. The Morgan fingerprint density at radius 3 is 2.58 bits per heavy atom. The van der Waals surface area contributed by atoms with Crippen LogP contribution in [0.2, 0.25) is 0 Å². The summed E-state index contributed by atoms with van der Waals surface area (Å²) in [6, 6.07) is 4.11. The molecule has 2 aliphatic heterocycles. The van der Waals surface area contributed by atoms with Gasteiger partial charge >= 0.3 is 0 Å². The average Bonchev–Trinajstić information content (AvgIpc) is 3.30. The quantitative estimate of drug-likeness (QED) is 0.633. The number of carbonyl (C=O) groups is 1. The van der Waals surface area contributed by atoms with Gasteiger partial charge in [0.25, 0.3) is 0 Å². The molecule has 1 aromatic carbocycles. The van der Waals surface area contributed by atoms with E-state index in [4.69, 9.17) is 14.2 Å². The zero-order valence-electron chi connectivity index (χ0n) is 18.5. The van der Waals surface area contributed by atoms with E-state index in [1.54, 1.807) is 19.0 Å². The van der Waals surface area contributed by atoms with Crippen molar-refractivity contribution in [1.82, 2.24) is 24.5 Å². The Bertz CT molecular complexity index is 1120. The molecule has 9 heteroatoms. The third-order valence-electron chi connectivity index (χ3n) is 6.22. The maximum Gasteiger partial charge on any atom is 0.236 e. The van der Waals surface area contributed by atoms with Crippen molar-refractivity contribution in [3.63, 3.8) is 0 Å². The van der Waals surface area contributed by atoms with E-state index in [-0.39, 0.29) is 5.91 Å². The number of rotatable bonds is 4. The molecular formula is C22H28N6O3. The van der Waals surface area contributed by atoms with Crippen LogP contribution in [0.25, 0.3) is 22.2 Å². The second kappa shape index (κ2) is 7.56. The molecule has 0 bridgehead atoms. The SMILES string of the molecule is Cc1noc(C)c1-c1ccc2nc(N3CCN(CC(=O)N(C)C)CC3)n3c2c1OCC3. The number of carbonyl (C=O) groups excluding carboxylic acids is 1. The highest BCUT2D eigenvalue weighted by molar-refractivity contribution is 5.93. The molecule has 0 N–H and O–H groups in total. The topological polar surface area (TPSA) is 79.9 Å². The molecule has 1 fully saturated rings. The standard InChI is InChI=1S/C22H28N6O3/c1-14-19(15(2)31-24-14)16-5-6-17-20-21(16)30-12-11-28(20)22(23-17)27-9-7-26(8-10-27)13-18(29)25(3)4/h5-6H,7-13H2,1-4H3. The van der Waals surface area contributed by atoms with Crippen LogP contribution in [0.5, 0.6) is 5.75 Å². The number of piperazine rings is 1. The summed E-state index contributed by atoms with van der Waals surface area (Å²) < 4.78 is 13.8. The lowest BCUT2D eigenvalue weighted by Gasteiger charge is -2.35. The molecule has 1 amide bonds. The van der Waals surface area contributed by atoms with Crippen molar-refractivity contribution >= 4 is 22.9 Å². The average molecular weight is 425 g/mol. The van der Waals surface area contributed by atoms with E-state index in [9.17, 15) is 4.79 Å². The predicted molar refractivity (Wildman–Crippen MR) is 118 cm³/mol. The predicted octanol–water partition coefficient (Wildman–Crippen LogP) is 1.91. The molecule has 9 nitrogen and oxygen atoms in total. The lowest BCUT2D eigenvalue weighted by Crippen LogP contribution is -2.50. The van der Waals surface area contributed by atoms with Crippen molar-refractivity contribution in [1.29, 1.82) is 0 Å². The summed E-state index contributed by atoms with van der Waals surface area (Å²) >= 11 is 0. The highest BCUT2D eigenvalue weighted by atomic mass is 16.5. The maximum atomic E-state index is 12.0. The van der Waals surface area contributed by atoms with Gasteiger partial charge in [-0.05, 0) is 26.0 Å². The monoisotopic (exact) mass is 424 g/mol. The molecule has 3 aromatic rings. The van der Waals surface area contributed by atoms with E-state index in [0.29, 0.717) is 13.2 Å². The van der Waals surface area contributed by atoms with Gasteiger partial charge in [0, 0.05) is 45.8 Å². The van der Waals surface area contributed by atoms with Gasteiger partial charge in [-0.2, -0.15) is 0 Å². The number of nitrogens with zero attached hydrogens (tertiary/aromatic N) is 6. The van der Waals surface area contributed by atoms with Crippen molar-refractivity contribution in [3.05, 3.63) is 23.6 Å². The first-order chi connectivity index (χ1) is 14.9. The van der Waals surface area contributed by atoms with Crippen LogP contribution in [0, 0.1) is 13.8 Å². The number of hydrogen-bond donors (Lipinski definition) is 0. The Hall–Kier alpha value is -3.07. The van der Waals surface area contributed by atoms with Crippen LogP contribution >= 0.6 is 0 Å². The van der Waals surface area contributed by atoms with Gasteiger partial charge in [-0.3, -0.25) is 9.69 Å². The second-order valence-corrected chi connectivity index (χ2v) is 8.47. The zero-order chi connectivity index (χ0) is 21.7. The number of aryl methyl sites for hydroxylation is 2. The van der Waals surface area contributed by atoms with Gasteiger partial charge in [0.2, 0.25) is 11.9 Å². The maximum absolute atomic E-state index is 12.0. The largest absolute Gasteiger partial charge is 0.489 e. The number of aromatic nitrogens is 3. The van der Waals surface area contributed by atoms with E-state index in [2.05, 4.69) is 31.7 Å². The Labute approximate surface area is 181 Å². The highest BCUT2D eigenvalue weighted by Crippen LogP contribution is 2.42. The van der Waals surface area contributed by atoms with Gasteiger partial charge in [0.15, 0.2) is 5.75 Å². The number of amides is 1. The fourth-order valence-corrected chi connectivity index (χ4v) is 4.52. The number of ether oxygens (including phenoxy) is 1. The van der Waals surface area contributed by atoms with Gasteiger partial charge in [-0.15, -0.1) is 0 Å². The van der Waals surface area contributed by atoms with Crippen LogP contribution in [-0.2, 0) is 11.3 Å².